The monoisotopic (exact) mass is 419 g/mol. The predicted octanol–water partition coefficient (Wildman–Crippen LogP) is 4.73. The Morgan fingerprint density at radius 3 is 2.60 bits per heavy atom. The Morgan fingerprint density at radius 2 is 1.96 bits per heavy atom. The van der Waals surface area contributed by atoms with Gasteiger partial charge in [-0.3, -0.25) is 0 Å². The third-order valence-corrected chi connectivity index (χ3v) is 7.92. The Labute approximate surface area is 162 Å². The molecular formula is C17H19Cl2NO3S2. The number of nitrogens with zero attached hydrogens (tertiary/aromatic N) is 1. The summed E-state index contributed by atoms with van der Waals surface area (Å²) in [7, 11) is -3.75. The number of sulfonamides is 1. The van der Waals surface area contributed by atoms with E-state index in [0.29, 0.717) is 43.2 Å². The second-order valence-electron chi connectivity index (χ2n) is 6.00. The lowest BCUT2D eigenvalue weighted by Crippen LogP contribution is -2.42. The van der Waals surface area contributed by atoms with E-state index in [9.17, 15) is 8.42 Å². The van der Waals surface area contributed by atoms with Gasteiger partial charge in [-0.1, -0.05) is 29.3 Å². The predicted molar refractivity (Wildman–Crippen MR) is 102 cm³/mol. The highest BCUT2D eigenvalue weighted by atomic mass is 35.5. The van der Waals surface area contributed by atoms with Crippen LogP contribution in [0, 0.1) is 6.92 Å². The minimum Gasteiger partial charge on any atom is -0.381 e. The molecule has 2 heterocycles. The molecule has 0 atom stereocenters. The van der Waals surface area contributed by atoms with Gasteiger partial charge in [-0.15, -0.1) is 11.3 Å². The molecule has 1 aliphatic rings. The van der Waals surface area contributed by atoms with E-state index in [1.54, 1.807) is 28.6 Å². The second kappa shape index (κ2) is 7.94. The molecule has 4 nitrogen and oxygen atoms in total. The van der Waals surface area contributed by atoms with Crippen LogP contribution >= 0.6 is 34.5 Å². The first-order valence-electron chi connectivity index (χ1n) is 7.97. The maximum absolute atomic E-state index is 13.4. The first-order valence-corrected chi connectivity index (χ1v) is 11.0. The van der Waals surface area contributed by atoms with Gasteiger partial charge in [-0.2, -0.15) is 4.31 Å². The fraction of sp³-hybridized carbons (Fsp3) is 0.412. The highest BCUT2D eigenvalue weighted by Crippen LogP contribution is 2.33. The van der Waals surface area contributed by atoms with Crippen LogP contribution in [0.1, 0.15) is 23.3 Å². The number of aryl methyl sites for hydroxylation is 1. The average Bonchev–Trinajstić information content (AvgIpc) is 3.09. The Morgan fingerprint density at radius 1 is 1.24 bits per heavy atom. The van der Waals surface area contributed by atoms with Gasteiger partial charge < -0.3 is 4.74 Å². The SMILES string of the molecule is Cc1cc(S(=O)(=O)N(Cc2cccs2)C2CCOCC2)c(Cl)cc1Cl. The maximum Gasteiger partial charge on any atom is 0.245 e. The Kier molecular flexibility index (Phi) is 6.08. The quantitative estimate of drug-likeness (QED) is 0.703. The van der Waals surface area contributed by atoms with Gasteiger partial charge in [0.25, 0.3) is 0 Å². The molecule has 1 aliphatic heterocycles. The van der Waals surface area contributed by atoms with Crippen LogP contribution in [0.25, 0.3) is 0 Å². The maximum atomic E-state index is 13.4. The second-order valence-corrected chi connectivity index (χ2v) is 9.71. The van der Waals surface area contributed by atoms with Crippen LogP contribution in [0.2, 0.25) is 10.0 Å². The number of hydrogen-bond acceptors (Lipinski definition) is 4. The molecule has 0 aliphatic carbocycles. The summed E-state index contributed by atoms with van der Waals surface area (Å²) in [5.74, 6) is 0. The highest BCUT2D eigenvalue weighted by molar-refractivity contribution is 7.89. The fourth-order valence-electron chi connectivity index (χ4n) is 2.89. The van der Waals surface area contributed by atoms with Crippen molar-refractivity contribution in [2.75, 3.05) is 13.2 Å². The van der Waals surface area contributed by atoms with Gasteiger partial charge in [-0.05, 0) is 48.9 Å². The Hall–Kier alpha value is -0.630. The van der Waals surface area contributed by atoms with Gasteiger partial charge in [-0.25, -0.2) is 8.42 Å². The lowest BCUT2D eigenvalue weighted by Gasteiger charge is -2.33. The van der Waals surface area contributed by atoms with Crippen LogP contribution in [0.15, 0.2) is 34.5 Å². The molecule has 8 heteroatoms. The van der Waals surface area contributed by atoms with Crippen molar-refractivity contribution in [2.45, 2.75) is 37.2 Å². The normalized spacial score (nSPS) is 16.5. The summed E-state index contributed by atoms with van der Waals surface area (Å²) < 4.78 is 33.8. The van der Waals surface area contributed by atoms with Crippen molar-refractivity contribution < 1.29 is 13.2 Å². The van der Waals surface area contributed by atoms with Gasteiger partial charge in [0.05, 0.1) is 5.02 Å². The summed E-state index contributed by atoms with van der Waals surface area (Å²) in [6.45, 7) is 3.24. The summed E-state index contributed by atoms with van der Waals surface area (Å²) >= 11 is 13.9. The van der Waals surface area contributed by atoms with Crippen molar-refractivity contribution in [1.82, 2.24) is 4.31 Å². The molecule has 0 amide bonds. The molecule has 1 fully saturated rings. The molecule has 0 N–H and O–H groups in total. The standard InChI is InChI=1S/C17H19Cl2NO3S2/c1-12-9-17(16(19)10-15(12)18)25(21,22)20(11-14-3-2-8-24-14)13-4-6-23-7-5-13/h2-3,8-10,13H,4-7,11H2,1H3. The van der Waals surface area contributed by atoms with Crippen LogP contribution in [0.5, 0.6) is 0 Å². The van der Waals surface area contributed by atoms with E-state index in [2.05, 4.69) is 0 Å². The summed E-state index contributed by atoms with van der Waals surface area (Å²) in [6.07, 6.45) is 1.35. The number of ether oxygens (including phenoxy) is 1. The van der Waals surface area contributed by atoms with E-state index in [0.717, 1.165) is 4.88 Å². The molecule has 3 rings (SSSR count). The van der Waals surface area contributed by atoms with E-state index < -0.39 is 10.0 Å². The summed E-state index contributed by atoms with van der Waals surface area (Å²) in [5.41, 5.74) is 0.688. The van der Waals surface area contributed by atoms with Crippen molar-refractivity contribution in [1.29, 1.82) is 0 Å². The minimum atomic E-state index is -3.75. The van der Waals surface area contributed by atoms with Gasteiger partial charge in [0.2, 0.25) is 10.0 Å². The van der Waals surface area contributed by atoms with Crippen molar-refractivity contribution in [3.63, 3.8) is 0 Å². The van der Waals surface area contributed by atoms with Crippen LogP contribution in [-0.4, -0.2) is 32.0 Å². The Balaban J connectivity index is 2.02. The van der Waals surface area contributed by atoms with Gasteiger partial charge in [0, 0.05) is 35.7 Å². The topological polar surface area (TPSA) is 46.6 Å². The first-order chi connectivity index (χ1) is 11.9. The largest absolute Gasteiger partial charge is 0.381 e. The van der Waals surface area contributed by atoms with Crippen molar-refractivity contribution in [2.24, 2.45) is 0 Å². The number of benzene rings is 1. The van der Waals surface area contributed by atoms with E-state index in [1.807, 2.05) is 17.5 Å². The lowest BCUT2D eigenvalue weighted by atomic mass is 10.1. The zero-order valence-electron chi connectivity index (χ0n) is 13.7. The van der Waals surface area contributed by atoms with Crippen molar-refractivity contribution >= 4 is 44.6 Å². The van der Waals surface area contributed by atoms with Gasteiger partial charge >= 0.3 is 0 Å². The van der Waals surface area contributed by atoms with Crippen LogP contribution < -0.4 is 0 Å². The van der Waals surface area contributed by atoms with E-state index in [1.165, 1.54) is 6.07 Å². The third-order valence-electron chi connectivity index (χ3n) is 4.29. The average molecular weight is 420 g/mol. The van der Waals surface area contributed by atoms with E-state index >= 15 is 0 Å². The molecular weight excluding hydrogens is 401 g/mol. The third kappa shape index (κ3) is 4.21. The molecule has 0 spiro atoms. The molecule has 1 aromatic carbocycles. The molecule has 0 radical (unpaired) electrons. The van der Waals surface area contributed by atoms with Crippen LogP contribution in [0.4, 0.5) is 0 Å². The van der Waals surface area contributed by atoms with Gasteiger partial charge in [0.1, 0.15) is 4.90 Å². The van der Waals surface area contributed by atoms with Crippen molar-refractivity contribution in [3.8, 4) is 0 Å². The molecule has 25 heavy (non-hydrogen) atoms. The zero-order valence-corrected chi connectivity index (χ0v) is 16.9. The van der Waals surface area contributed by atoms with Crippen molar-refractivity contribution in [3.05, 3.63) is 50.1 Å². The molecule has 0 unspecified atom stereocenters. The van der Waals surface area contributed by atoms with Gasteiger partial charge in [0.15, 0.2) is 0 Å². The van der Waals surface area contributed by atoms with Crippen LogP contribution in [-0.2, 0) is 21.3 Å². The summed E-state index contributed by atoms with van der Waals surface area (Å²) in [4.78, 5) is 1.11. The summed E-state index contributed by atoms with van der Waals surface area (Å²) in [5, 5.41) is 2.56. The minimum absolute atomic E-state index is 0.104. The molecule has 2 aromatic rings. The molecule has 0 saturated carbocycles. The Bertz CT molecular complexity index is 832. The zero-order chi connectivity index (χ0) is 18.0. The van der Waals surface area contributed by atoms with Crippen LogP contribution in [0.3, 0.4) is 0 Å². The number of hydrogen-bond donors (Lipinski definition) is 0. The fourth-order valence-corrected chi connectivity index (χ4v) is 6.15. The number of thiophene rings is 1. The molecule has 0 bridgehead atoms. The summed E-state index contributed by atoms with van der Waals surface area (Å²) in [6, 6.07) is 6.82. The molecule has 136 valence electrons. The number of rotatable bonds is 5. The van der Waals surface area contributed by atoms with E-state index in [4.69, 9.17) is 27.9 Å². The molecule has 1 saturated heterocycles. The number of halogens is 2. The lowest BCUT2D eigenvalue weighted by molar-refractivity contribution is 0.0571. The first kappa shape index (κ1) is 19.1. The van der Waals surface area contributed by atoms with E-state index in [-0.39, 0.29) is 16.0 Å². The highest BCUT2D eigenvalue weighted by Gasteiger charge is 2.34. The molecule has 1 aromatic heterocycles. The smallest absolute Gasteiger partial charge is 0.245 e.